The van der Waals surface area contributed by atoms with Crippen LogP contribution in [0.15, 0.2) is 27.6 Å². The molecule has 4 nitrogen and oxygen atoms in total. The van der Waals surface area contributed by atoms with E-state index in [1.54, 1.807) is 6.07 Å². The van der Waals surface area contributed by atoms with Crippen LogP contribution < -0.4 is 5.32 Å². The topological polar surface area (TPSA) is 41.6 Å². The number of morpholine rings is 1. The minimum atomic E-state index is -0.0780. The molecule has 1 aromatic rings. The van der Waals surface area contributed by atoms with Crippen molar-refractivity contribution in [2.24, 2.45) is 0 Å². The van der Waals surface area contributed by atoms with Crippen LogP contribution in [0.4, 0.5) is 0 Å². The summed E-state index contributed by atoms with van der Waals surface area (Å²) >= 11 is 7.66. The van der Waals surface area contributed by atoms with Crippen LogP contribution in [0, 0.1) is 0 Å². The van der Waals surface area contributed by atoms with E-state index in [0.717, 1.165) is 37.3 Å². The number of halogens is 1. The Morgan fingerprint density at radius 2 is 2.16 bits per heavy atom. The van der Waals surface area contributed by atoms with Gasteiger partial charge in [0.25, 0.3) is 5.91 Å². The van der Waals surface area contributed by atoms with E-state index in [4.69, 9.17) is 4.74 Å². The second kappa shape index (κ2) is 7.28. The third-order valence-electron chi connectivity index (χ3n) is 3.02. The van der Waals surface area contributed by atoms with Gasteiger partial charge in [0.05, 0.1) is 18.8 Å². The monoisotopic (exact) mass is 344 g/mol. The average molecular weight is 345 g/mol. The van der Waals surface area contributed by atoms with Crippen molar-refractivity contribution < 1.29 is 9.53 Å². The zero-order chi connectivity index (χ0) is 13.7. The number of hydrogen-bond donors (Lipinski definition) is 2. The van der Waals surface area contributed by atoms with Gasteiger partial charge in [0.1, 0.15) is 0 Å². The van der Waals surface area contributed by atoms with Gasteiger partial charge in [0.15, 0.2) is 0 Å². The molecule has 6 heteroatoms. The van der Waals surface area contributed by atoms with Crippen LogP contribution in [0.25, 0.3) is 0 Å². The average Bonchev–Trinajstić information content (AvgIpc) is 2.39. The van der Waals surface area contributed by atoms with Crippen molar-refractivity contribution >= 4 is 34.5 Å². The first-order valence-electron chi connectivity index (χ1n) is 6.23. The lowest BCUT2D eigenvalue weighted by Crippen LogP contribution is -2.41. The molecule has 1 aliphatic rings. The number of benzene rings is 1. The molecule has 0 aliphatic carbocycles. The van der Waals surface area contributed by atoms with Crippen LogP contribution in [0.1, 0.15) is 10.4 Å². The number of carbonyl (C=O) groups is 1. The normalized spacial score (nSPS) is 16.3. The quantitative estimate of drug-likeness (QED) is 0.818. The van der Waals surface area contributed by atoms with Crippen LogP contribution in [-0.4, -0.2) is 50.2 Å². The Morgan fingerprint density at radius 3 is 2.84 bits per heavy atom. The smallest absolute Gasteiger partial charge is 0.252 e. The van der Waals surface area contributed by atoms with E-state index in [9.17, 15) is 4.79 Å². The maximum absolute atomic E-state index is 12.0. The summed E-state index contributed by atoms with van der Waals surface area (Å²) in [4.78, 5) is 15.0. The van der Waals surface area contributed by atoms with E-state index in [-0.39, 0.29) is 5.91 Å². The molecule has 1 N–H and O–H groups in total. The molecule has 0 unspecified atom stereocenters. The Hall–Kier alpha value is -0.560. The Balaban J connectivity index is 1.80. The summed E-state index contributed by atoms with van der Waals surface area (Å²) in [5, 5.41) is 2.92. The number of thiol groups is 1. The Kier molecular flexibility index (Phi) is 5.69. The van der Waals surface area contributed by atoms with Crippen LogP contribution >= 0.6 is 28.6 Å². The fraction of sp³-hybridized carbons (Fsp3) is 0.462. The Bertz CT molecular complexity index is 450. The molecule has 0 saturated carbocycles. The van der Waals surface area contributed by atoms with Gasteiger partial charge in [-0.05, 0) is 18.2 Å². The number of ether oxygens (including phenoxy) is 1. The Labute approximate surface area is 127 Å². The summed E-state index contributed by atoms with van der Waals surface area (Å²) in [6.07, 6.45) is 0. The second-order valence-electron chi connectivity index (χ2n) is 4.37. The largest absolute Gasteiger partial charge is 0.379 e. The first-order chi connectivity index (χ1) is 9.16. The predicted octanol–water partition coefficient (Wildman–Crippen LogP) is 1.80. The van der Waals surface area contributed by atoms with E-state index < -0.39 is 0 Å². The van der Waals surface area contributed by atoms with Gasteiger partial charge in [-0.1, -0.05) is 15.9 Å². The van der Waals surface area contributed by atoms with Crippen molar-refractivity contribution in [2.45, 2.75) is 4.90 Å². The zero-order valence-electron chi connectivity index (χ0n) is 10.6. The molecule has 1 heterocycles. The SMILES string of the molecule is O=C(NCCN1CCOCC1)c1ccc(Br)cc1S. The first-order valence-corrected chi connectivity index (χ1v) is 7.47. The summed E-state index contributed by atoms with van der Waals surface area (Å²) in [5.74, 6) is -0.0780. The lowest BCUT2D eigenvalue weighted by Gasteiger charge is -2.26. The number of rotatable bonds is 4. The van der Waals surface area contributed by atoms with Gasteiger partial charge in [0, 0.05) is 35.5 Å². The Morgan fingerprint density at radius 1 is 1.42 bits per heavy atom. The number of amides is 1. The summed E-state index contributed by atoms with van der Waals surface area (Å²) in [6.45, 7) is 4.93. The number of hydrogen-bond acceptors (Lipinski definition) is 4. The van der Waals surface area contributed by atoms with Crippen molar-refractivity contribution in [3.8, 4) is 0 Å². The minimum Gasteiger partial charge on any atom is -0.379 e. The molecular weight excluding hydrogens is 328 g/mol. The predicted molar refractivity (Wildman–Crippen MR) is 81.0 cm³/mol. The molecule has 19 heavy (non-hydrogen) atoms. The van der Waals surface area contributed by atoms with Gasteiger partial charge in [-0.2, -0.15) is 0 Å². The van der Waals surface area contributed by atoms with E-state index in [1.807, 2.05) is 12.1 Å². The van der Waals surface area contributed by atoms with Crippen molar-refractivity contribution in [3.05, 3.63) is 28.2 Å². The zero-order valence-corrected chi connectivity index (χ0v) is 13.0. The highest BCUT2D eigenvalue weighted by atomic mass is 79.9. The van der Waals surface area contributed by atoms with Crippen molar-refractivity contribution in [1.29, 1.82) is 0 Å². The maximum Gasteiger partial charge on any atom is 0.252 e. The summed E-state index contributed by atoms with van der Waals surface area (Å²) in [6, 6.07) is 5.44. The number of nitrogens with zero attached hydrogens (tertiary/aromatic N) is 1. The summed E-state index contributed by atoms with van der Waals surface area (Å²) in [7, 11) is 0. The fourth-order valence-corrected chi connectivity index (χ4v) is 2.80. The molecule has 0 radical (unpaired) electrons. The number of carbonyl (C=O) groups excluding carboxylic acids is 1. The highest BCUT2D eigenvalue weighted by molar-refractivity contribution is 9.10. The molecule has 1 fully saturated rings. The highest BCUT2D eigenvalue weighted by Crippen LogP contribution is 2.19. The highest BCUT2D eigenvalue weighted by Gasteiger charge is 2.12. The molecule has 1 amide bonds. The molecule has 2 rings (SSSR count). The van der Waals surface area contributed by atoms with Crippen molar-refractivity contribution in [2.75, 3.05) is 39.4 Å². The molecule has 1 saturated heterocycles. The van der Waals surface area contributed by atoms with Crippen LogP contribution in [0.5, 0.6) is 0 Å². The van der Waals surface area contributed by atoms with Gasteiger partial charge >= 0.3 is 0 Å². The summed E-state index contributed by atoms with van der Waals surface area (Å²) < 4.78 is 6.20. The third-order valence-corrected chi connectivity index (χ3v) is 3.88. The molecule has 0 aromatic heterocycles. The lowest BCUT2D eigenvalue weighted by molar-refractivity contribution is 0.0383. The van der Waals surface area contributed by atoms with Gasteiger partial charge < -0.3 is 10.1 Å². The molecule has 0 spiro atoms. The number of nitrogens with one attached hydrogen (secondary N) is 1. The third kappa shape index (κ3) is 4.49. The van der Waals surface area contributed by atoms with Crippen molar-refractivity contribution in [1.82, 2.24) is 10.2 Å². The van der Waals surface area contributed by atoms with Crippen LogP contribution in [-0.2, 0) is 4.74 Å². The molecule has 1 aromatic carbocycles. The summed E-state index contributed by atoms with van der Waals surface area (Å²) in [5.41, 5.74) is 0.605. The molecule has 104 valence electrons. The van der Waals surface area contributed by atoms with Gasteiger partial charge in [-0.25, -0.2) is 0 Å². The molecule has 1 aliphatic heterocycles. The van der Waals surface area contributed by atoms with Gasteiger partial charge in [-0.15, -0.1) is 12.6 Å². The van der Waals surface area contributed by atoms with Crippen molar-refractivity contribution in [3.63, 3.8) is 0 Å². The molecular formula is C13H17BrN2O2S. The van der Waals surface area contributed by atoms with Crippen LogP contribution in [0.3, 0.4) is 0 Å². The molecule has 0 bridgehead atoms. The van der Waals surface area contributed by atoms with E-state index in [0.29, 0.717) is 17.0 Å². The molecule has 0 atom stereocenters. The first kappa shape index (κ1) is 14.8. The second-order valence-corrected chi connectivity index (χ2v) is 5.77. The van der Waals surface area contributed by atoms with Crippen LogP contribution in [0.2, 0.25) is 0 Å². The van der Waals surface area contributed by atoms with E-state index in [1.165, 1.54) is 0 Å². The maximum atomic E-state index is 12.0. The van der Waals surface area contributed by atoms with Gasteiger partial charge in [-0.3, -0.25) is 9.69 Å². The minimum absolute atomic E-state index is 0.0780. The lowest BCUT2D eigenvalue weighted by atomic mass is 10.2. The fourth-order valence-electron chi connectivity index (χ4n) is 1.94. The standard InChI is InChI=1S/C13H17BrN2O2S/c14-10-1-2-11(12(19)9-10)13(17)15-3-4-16-5-7-18-8-6-16/h1-2,9,19H,3-8H2,(H,15,17). The van der Waals surface area contributed by atoms with E-state index in [2.05, 4.69) is 38.8 Å². The van der Waals surface area contributed by atoms with Gasteiger partial charge in [0.2, 0.25) is 0 Å². The van der Waals surface area contributed by atoms with E-state index >= 15 is 0 Å².